The van der Waals surface area contributed by atoms with Crippen LogP contribution in [0.5, 0.6) is 0 Å². The number of hydrogen-bond acceptors (Lipinski definition) is 4. The number of aliphatic hydroxyl groups is 1. The monoisotopic (exact) mass is 551 g/mol. The Morgan fingerprint density at radius 1 is 1.14 bits per heavy atom. The highest BCUT2D eigenvalue weighted by molar-refractivity contribution is 14.0. The number of halogens is 2. The van der Waals surface area contributed by atoms with Gasteiger partial charge in [-0.05, 0) is 37.1 Å². The first kappa shape index (κ1) is 25.7. The van der Waals surface area contributed by atoms with E-state index >= 15 is 0 Å². The molecule has 0 aliphatic rings. The Kier molecular flexibility index (Phi) is 10.9. The third-order valence-electron chi connectivity index (χ3n) is 4.09. The molecule has 2 aromatic rings. The van der Waals surface area contributed by atoms with Gasteiger partial charge in [0.05, 0.1) is 11.4 Å². The maximum absolute atomic E-state index is 11.5. The molecule has 0 heterocycles. The van der Waals surface area contributed by atoms with Gasteiger partial charge in [0.2, 0.25) is 0 Å². The number of benzene rings is 2. The maximum Gasteiger partial charge on any atom is 0.191 e. The summed E-state index contributed by atoms with van der Waals surface area (Å²) in [4.78, 5) is 4.73. The largest absolute Gasteiger partial charge is 0.386 e. The zero-order chi connectivity index (χ0) is 20.6. The van der Waals surface area contributed by atoms with E-state index in [1.807, 2.05) is 31.2 Å². The average Bonchev–Trinajstić information content (AvgIpc) is 2.66. The predicted molar refractivity (Wildman–Crippen MR) is 129 cm³/mol. The van der Waals surface area contributed by atoms with Crippen LogP contribution in [-0.2, 0) is 16.3 Å². The lowest BCUT2D eigenvalue weighted by atomic mass is 10.1. The molecule has 0 amide bonds. The molecule has 1 atom stereocenters. The highest BCUT2D eigenvalue weighted by atomic mass is 127. The van der Waals surface area contributed by atoms with E-state index in [0.29, 0.717) is 41.0 Å². The van der Waals surface area contributed by atoms with E-state index in [-0.39, 0.29) is 30.5 Å². The molecule has 0 bridgehead atoms. The second-order valence-corrected chi connectivity index (χ2v) is 8.77. The Morgan fingerprint density at radius 3 is 2.38 bits per heavy atom. The number of aliphatic hydroxyl groups excluding tert-OH is 1. The van der Waals surface area contributed by atoms with Crippen molar-refractivity contribution in [2.24, 2.45) is 4.99 Å². The van der Waals surface area contributed by atoms with E-state index in [2.05, 4.69) is 15.6 Å². The normalized spacial score (nSPS) is 12.8. The zero-order valence-electron chi connectivity index (χ0n) is 16.4. The van der Waals surface area contributed by atoms with Gasteiger partial charge < -0.3 is 15.7 Å². The number of nitrogens with one attached hydrogen (secondary N) is 2. The van der Waals surface area contributed by atoms with Gasteiger partial charge in [0.15, 0.2) is 15.8 Å². The number of guanidine groups is 1. The van der Waals surface area contributed by atoms with E-state index in [1.54, 1.807) is 24.3 Å². The Morgan fingerprint density at radius 2 is 1.79 bits per heavy atom. The highest BCUT2D eigenvalue weighted by Crippen LogP contribution is 2.22. The summed E-state index contributed by atoms with van der Waals surface area (Å²) in [7, 11) is -3.18. The van der Waals surface area contributed by atoms with E-state index in [4.69, 9.17) is 11.6 Å². The molecule has 0 saturated carbocycles. The molecular formula is C20H27ClIN3O3S. The minimum absolute atomic E-state index is 0. The Bertz CT molecular complexity index is 905. The third-order valence-corrected chi connectivity index (χ3v) is 5.56. The van der Waals surface area contributed by atoms with Gasteiger partial charge in [-0.15, -0.1) is 24.0 Å². The van der Waals surface area contributed by atoms with Gasteiger partial charge in [-0.25, -0.2) is 8.42 Å². The summed E-state index contributed by atoms with van der Waals surface area (Å²) in [5, 5.41) is 17.2. The van der Waals surface area contributed by atoms with Gasteiger partial charge in [-0.3, -0.25) is 4.99 Å². The van der Waals surface area contributed by atoms with Gasteiger partial charge in [0.1, 0.15) is 6.10 Å². The van der Waals surface area contributed by atoms with Crippen LogP contribution < -0.4 is 10.6 Å². The molecule has 29 heavy (non-hydrogen) atoms. The molecule has 6 nitrogen and oxygen atoms in total. The fourth-order valence-electron chi connectivity index (χ4n) is 2.59. The Balaban J connectivity index is 0.00000420. The predicted octanol–water partition coefficient (Wildman–Crippen LogP) is 3.19. The van der Waals surface area contributed by atoms with Crippen molar-refractivity contribution in [2.75, 3.05) is 25.9 Å². The van der Waals surface area contributed by atoms with E-state index in [0.717, 1.165) is 5.56 Å². The van der Waals surface area contributed by atoms with Gasteiger partial charge in [-0.1, -0.05) is 41.9 Å². The third kappa shape index (κ3) is 8.49. The average molecular weight is 552 g/mol. The highest BCUT2D eigenvalue weighted by Gasteiger charge is 2.11. The molecule has 9 heteroatoms. The smallest absolute Gasteiger partial charge is 0.191 e. The van der Waals surface area contributed by atoms with Crippen molar-refractivity contribution in [1.82, 2.24) is 10.6 Å². The first-order chi connectivity index (χ1) is 13.3. The van der Waals surface area contributed by atoms with Gasteiger partial charge >= 0.3 is 0 Å². The molecule has 160 valence electrons. The summed E-state index contributed by atoms with van der Waals surface area (Å²) < 4.78 is 23.0. The number of rotatable bonds is 8. The summed E-state index contributed by atoms with van der Waals surface area (Å²) in [6, 6.07) is 14.0. The summed E-state index contributed by atoms with van der Waals surface area (Å²) >= 11 is 6.11. The zero-order valence-corrected chi connectivity index (χ0v) is 20.3. The fourth-order valence-corrected chi connectivity index (χ4v) is 3.48. The first-order valence-electron chi connectivity index (χ1n) is 9.05. The summed E-state index contributed by atoms with van der Waals surface area (Å²) in [5.74, 6) is 0.598. The second kappa shape index (κ2) is 12.4. The van der Waals surface area contributed by atoms with Crippen LogP contribution in [0.4, 0.5) is 0 Å². The molecule has 0 aliphatic heterocycles. The van der Waals surface area contributed by atoms with Crippen molar-refractivity contribution in [3.63, 3.8) is 0 Å². The van der Waals surface area contributed by atoms with Gasteiger partial charge in [0, 0.05) is 29.9 Å². The van der Waals surface area contributed by atoms with Crippen LogP contribution in [0.1, 0.15) is 24.2 Å². The molecular weight excluding hydrogens is 525 g/mol. The van der Waals surface area contributed by atoms with E-state index in [9.17, 15) is 13.5 Å². The Hall–Kier alpha value is -1.36. The van der Waals surface area contributed by atoms with Gasteiger partial charge in [-0.2, -0.15) is 0 Å². The molecule has 2 aromatic carbocycles. The number of hydrogen-bond donors (Lipinski definition) is 3. The van der Waals surface area contributed by atoms with Crippen LogP contribution in [0.2, 0.25) is 5.02 Å². The summed E-state index contributed by atoms with van der Waals surface area (Å²) in [6.45, 7) is 3.46. The van der Waals surface area contributed by atoms with Crippen LogP contribution >= 0.6 is 35.6 Å². The molecule has 1 unspecified atom stereocenters. The fraction of sp³-hybridized carbons (Fsp3) is 0.350. The van der Waals surface area contributed by atoms with Crippen LogP contribution in [0.3, 0.4) is 0 Å². The number of nitrogens with zero attached hydrogens (tertiary/aromatic N) is 1. The lowest BCUT2D eigenvalue weighted by molar-refractivity contribution is 0.187. The molecule has 0 aromatic heterocycles. The van der Waals surface area contributed by atoms with E-state index in [1.165, 1.54) is 6.26 Å². The standard InChI is InChI=1S/C20H26ClN3O3S.HI/c1-3-22-20(24-14-19(25)17-6-4-5-7-18(17)21)23-13-12-15-8-10-16(11-9-15)28(2,26)27;/h4-11,19,25H,3,12-14H2,1-2H3,(H2,22,23,24);1H. The molecule has 3 N–H and O–H groups in total. The topological polar surface area (TPSA) is 90.8 Å². The lowest BCUT2D eigenvalue weighted by Crippen LogP contribution is -2.38. The molecule has 0 spiro atoms. The molecule has 0 fully saturated rings. The van der Waals surface area contributed by atoms with Crippen LogP contribution in [-0.4, -0.2) is 45.4 Å². The second-order valence-electron chi connectivity index (χ2n) is 6.35. The lowest BCUT2D eigenvalue weighted by Gasteiger charge is -2.14. The molecule has 0 radical (unpaired) electrons. The summed E-state index contributed by atoms with van der Waals surface area (Å²) in [6.07, 6.45) is 1.12. The number of sulfone groups is 1. The van der Waals surface area contributed by atoms with Crippen molar-refractivity contribution in [2.45, 2.75) is 24.3 Å². The molecule has 2 rings (SSSR count). The first-order valence-corrected chi connectivity index (χ1v) is 11.3. The minimum atomic E-state index is -3.18. The van der Waals surface area contributed by atoms with Crippen LogP contribution in [0.25, 0.3) is 0 Å². The number of aliphatic imine (C=N–C) groups is 1. The van der Waals surface area contributed by atoms with Crippen molar-refractivity contribution >= 4 is 51.4 Å². The van der Waals surface area contributed by atoms with Crippen LogP contribution in [0, 0.1) is 0 Å². The van der Waals surface area contributed by atoms with E-state index < -0.39 is 15.9 Å². The quantitative estimate of drug-likeness (QED) is 0.266. The maximum atomic E-state index is 11.5. The Labute approximate surface area is 194 Å². The SMILES string of the molecule is CCNC(=NCC(O)c1ccccc1Cl)NCCc1ccc(S(C)(=O)=O)cc1.I. The van der Waals surface area contributed by atoms with Crippen molar-refractivity contribution < 1.29 is 13.5 Å². The minimum Gasteiger partial charge on any atom is -0.386 e. The van der Waals surface area contributed by atoms with Crippen molar-refractivity contribution in [3.8, 4) is 0 Å². The molecule has 0 saturated heterocycles. The van der Waals surface area contributed by atoms with Crippen molar-refractivity contribution in [3.05, 3.63) is 64.7 Å². The van der Waals surface area contributed by atoms with Crippen LogP contribution in [0.15, 0.2) is 58.4 Å². The molecule has 0 aliphatic carbocycles. The van der Waals surface area contributed by atoms with Gasteiger partial charge in [0.25, 0.3) is 0 Å². The summed E-state index contributed by atoms with van der Waals surface area (Å²) in [5.41, 5.74) is 1.67. The van der Waals surface area contributed by atoms with Crippen molar-refractivity contribution in [1.29, 1.82) is 0 Å².